The Morgan fingerprint density at radius 3 is 1.92 bits per heavy atom. The second-order valence-electron chi connectivity index (χ2n) is 17.5. The molecule has 2 aliphatic heterocycles. The summed E-state index contributed by atoms with van der Waals surface area (Å²) in [6.07, 6.45) is -1.74. The second kappa shape index (κ2) is 29.9. The molecule has 2 aliphatic rings. The zero-order chi connectivity index (χ0) is 55.2. The summed E-state index contributed by atoms with van der Waals surface area (Å²) in [4.78, 5) is 153. The average Bonchev–Trinajstić information content (AvgIpc) is 3.86. The lowest BCUT2D eigenvalue weighted by atomic mass is 10.0. The molecule has 75 heavy (non-hydrogen) atoms. The van der Waals surface area contributed by atoms with Crippen molar-refractivity contribution in [2.45, 2.75) is 106 Å². The molecule has 0 aromatic heterocycles. The Bertz CT molecular complexity index is 2420. The van der Waals surface area contributed by atoms with Crippen molar-refractivity contribution in [3.8, 4) is 5.75 Å². The lowest BCUT2D eigenvalue weighted by Crippen LogP contribution is -2.61. The normalized spacial score (nSPS) is 22.6. The number of rotatable bonds is 19. The molecule has 27 nitrogen and oxygen atoms in total. The topological polar surface area (TPSA) is 458 Å². The number of aromatic hydroxyl groups is 1. The monoisotopic (exact) mass is 1080 g/mol. The number of carbonyl (C=O) groups is 11. The second-order valence-corrected chi connectivity index (χ2v) is 20.1. The van der Waals surface area contributed by atoms with Gasteiger partial charge in [0.2, 0.25) is 59.1 Å². The molecule has 8 atom stereocenters. The molecule has 2 heterocycles. The Morgan fingerprint density at radius 2 is 1.31 bits per heavy atom. The van der Waals surface area contributed by atoms with Crippen LogP contribution >= 0.6 is 21.6 Å². The number of aliphatic imine (C=N–C) groups is 1. The van der Waals surface area contributed by atoms with E-state index in [1.54, 1.807) is 30.3 Å². The quantitative estimate of drug-likeness (QED) is 0.0272. The van der Waals surface area contributed by atoms with Crippen molar-refractivity contribution < 1.29 is 63.0 Å². The van der Waals surface area contributed by atoms with Gasteiger partial charge in [0.05, 0.1) is 19.0 Å². The number of carboxylic acids is 1. The van der Waals surface area contributed by atoms with Crippen LogP contribution in [0.25, 0.3) is 0 Å². The van der Waals surface area contributed by atoms with Crippen LogP contribution in [-0.4, -0.2) is 166 Å². The fraction of sp³-hybridized carbons (Fsp3) is 0.478. The number of primary amides is 2. The standard InChI is InChI=1S/C46H64N14O13S2/c47-27-22-74-75-23-33(45(73)60-17-5-9-34(60)44(72)55-28(8-4-16-52-46(50)51)39(67)53-21-36(49)63)59-43(71)32(20-37(64)65)58-40(68)29(14-15-35(48)62)54-41(69)31(18-24-6-2-1-3-7-24)57-42(70)30(56-38(27)66)19-25-10-12-26(61)13-11-25/h1-3,6-7,10-13,27-34,61H,4-5,8-9,14-23,47H2,(H2,48,62)(H2,49,63)(H,53,67)(H,54,69)(H,55,72)(H,56,66)(H,57,70)(H,58,68)(H,59,71)(H,64,65)(H4,50,51,52). The number of phenols is 1. The van der Waals surface area contributed by atoms with Crippen LogP contribution in [0, 0.1) is 0 Å². The molecule has 0 saturated carbocycles. The molecule has 4 rings (SSSR count). The maximum absolute atomic E-state index is 14.6. The molecule has 2 saturated heterocycles. The van der Waals surface area contributed by atoms with E-state index < -0.39 is 139 Å². The van der Waals surface area contributed by atoms with Crippen molar-refractivity contribution in [3.63, 3.8) is 0 Å². The molecule has 8 unspecified atom stereocenters. The van der Waals surface area contributed by atoms with Gasteiger partial charge in [-0.25, -0.2) is 0 Å². The molecular weight excluding hydrogens is 1020 g/mol. The molecule has 408 valence electrons. The largest absolute Gasteiger partial charge is 0.508 e. The van der Waals surface area contributed by atoms with Crippen molar-refractivity contribution in [1.82, 2.24) is 42.1 Å². The van der Waals surface area contributed by atoms with Gasteiger partial charge in [-0.1, -0.05) is 64.1 Å². The Balaban J connectivity index is 1.71. The smallest absolute Gasteiger partial charge is 0.305 e. The number of carbonyl (C=O) groups excluding carboxylic acids is 10. The number of hydrogen-bond donors (Lipinski definition) is 14. The average molecular weight is 1090 g/mol. The van der Waals surface area contributed by atoms with Gasteiger partial charge < -0.3 is 81.0 Å². The van der Waals surface area contributed by atoms with E-state index in [4.69, 9.17) is 28.7 Å². The molecule has 2 aromatic rings. The molecular formula is C46H64N14O13S2. The Labute approximate surface area is 438 Å². The van der Waals surface area contributed by atoms with E-state index in [2.05, 4.69) is 42.2 Å². The number of nitrogens with zero attached hydrogens (tertiary/aromatic N) is 2. The molecule has 10 amide bonds. The first kappa shape index (κ1) is 59.9. The van der Waals surface area contributed by atoms with E-state index >= 15 is 0 Å². The summed E-state index contributed by atoms with van der Waals surface area (Å²) in [5.41, 5.74) is 28.8. The first-order valence-corrected chi connectivity index (χ1v) is 26.2. The minimum absolute atomic E-state index is 0.00915. The highest BCUT2D eigenvalue weighted by molar-refractivity contribution is 8.76. The van der Waals surface area contributed by atoms with Crippen LogP contribution in [0.1, 0.15) is 56.1 Å². The third-order valence-corrected chi connectivity index (χ3v) is 14.1. The van der Waals surface area contributed by atoms with Crippen LogP contribution in [0.3, 0.4) is 0 Å². The maximum atomic E-state index is 14.6. The number of aliphatic carboxylic acids is 1. The lowest BCUT2D eigenvalue weighted by molar-refractivity contribution is -0.143. The van der Waals surface area contributed by atoms with Crippen molar-refractivity contribution >= 4 is 92.6 Å². The summed E-state index contributed by atoms with van der Waals surface area (Å²) in [6.45, 7) is -0.478. The zero-order valence-electron chi connectivity index (χ0n) is 40.7. The Kier molecular flexibility index (Phi) is 23.9. The van der Waals surface area contributed by atoms with E-state index in [0.29, 0.717) is 11.1 Å². The maximum Gasteiger partial charge on any atom is 0.305 e. The molecule has 29 heteroatoms. The van der Waals surface area contributed by atoms with Gasteiger partial charge in [0.25, 0.3) is 0 Å². The van der Waals surface area contributed by atoms with Crippen LogP contribution in [0.5, 0.6) is 5.75 Å². The predicted octanol–water partition coefficient (Wildman–Crippen LogP) is -4.81. The minimum Gasteiger partial charge on any atom is -0.508 e. The molecule has 0 spiro atoms. The third kappa shape index (κ3) is 20.3. The van der Waals surface area contributed by atoms with Crippen molar-refractivity contribution in [2.24, 2.45) is 33.7 Å². The van der Waals surface area contributed by atoms with Crippen molar-refractivity contribution in [2.75, 3.05) is 31.1 Å². The number of hydrogen-bond acceptors (Lipinski definition) is 16. The van der Waals surface area contributed by atoms with Gasteiger partial charge in [-0.3, -0.25) is 57.7 Å². The number of phenolic OH excluding ortho intramolecular Hbond substituents is 1. The first-order valence-electron chi connectivity index (χ1n) is 23.7. The Hall–Kier alpha value is -7.66. The summed E-state index contributed by atoms with van der Waals surface area (Å²) in [5.74, 6) is -11.3. The predicted molar refractivity (Wildman–Crippen MR) is 274 cm³/mol. The van der Waals surface area contributed by atoms with Crippen LogP contribution < -0.4 is 65.9 Å². The van der Waals surface area contributed by atoms with Gasteiger partial charge in [-0.2, -0.15) is 0 Å². The van der Waals surface area contributed by atoms with E-state index in [1.807, 2.05) is 0 Å². The molecule has 0 radical (unpaired) electrons. The molecule has 0 bridgehead atoms. The van der Waals surface area contributed by atoms with Gasteiger partial charge in [0.1, 0.15) is 48.0 Å². The molecule has 0 aliphatic carbocycles. The van der Waals surface area contributed by atoms with Crippen LogP contribution in [-0.2, 0) is 65.6 Å². The highest BCUT2D eigenvalue weighted by atomic mass is 33.1. The zero-order valence-corrected chi connectivity index (χ0v) is 42.3. The highest BCUT2D eigenvalue weighted by Gasteiger charge is 2.41. The summed E-state index contributed by atoms with van der Waals surface area (Å²) >= 11 is 0. The molecule has 2 aromatic carbocycles. The number of carboxylic acid groups (broad SMARTS) is 1. The van der Waals surface area contributed by atoms with Crippen LogP contribution in [0.4, 0.5) is 0 Å². The summed E-state index contributed by atoms with van der Waals surface area (Å²) in [6, 6.07) is 2.43. The summed E-state index contributed by atoms with van der Waals surface area (Å²) < 4.78 is 0. The summed E-state index contributed by atoms with van der Waals surface area (Å²) in [7, 11) is 1.95. The van der Waals surface area contributed by atoms with Crippen molar-refractivity contribution in [1.29, 1.82) is 0 Å². The number of amides is 10. The number of benzene rings is 2. The number of guanidine groups is 1. The third-order valence-electron chi connectivity index (χ3n) is 11.6. The summed E-state index contributed by atoms with van der Waals surface area (Å²) in [5, 5.41) is 37.3. The fourth-order valence-electron chi connectivity index (χ4n) is 7.77. The van der Waals surface area contributed by atoms with Gasteiger partial charge in [0.15, 0.2) is 5.96 Å². The van der Waals surface area contributed by atoms with E-state index in [1.165, 1.54) is 24.3 Å². The number of nitrogens with two attached hydrogens (primary N) is 5. The van der Waals surface area contributed by atoms with Gasteiger partial charge >= 0.3 is 5.97 Å². The van der Waals surface area contributed by atoms with E-state index in [-0.39, 0.29) is 74.8 Å². The highest BCUT2D eigenvalue weighted by Crippen LogP contribution is 2.26. The van der Waals surface area contributed by atoms with E-state index in [9.17, 15) is 63.0 Å². The van der Waals surface area contributed by atoms with Gasteiger partial charge in [-0.05, 0) is 55.4 Å². The van der Waals surface area contributed by atoms with Crippen LogP contribution in [0.15, 0.2) is 59.6 Å². The Morgan fingerprint density at radius 1 is 0.733 bits per heavy atom. The minimum atomic E-state index is -1.92. The molecule has 2 fully saturated rings. The fourth-order valence-corrected chi connectivity index (χ4v) is 10.1. The number of nitrogens with one attached hydrogen (secondary N) is 7. The van der Waals surface area contributed by atoms with Crippen molar-refractivity contribution in [3.05, 3.63) is 65.7 Å². The van der Waals surface area contributed by atoms with E-state index in [0.717, 1.165) is 26.5 Å². The molecule has 19 N–H and O–H groups in total. The lowest BCUT2D eigenvalue weighted by Gasteiger charge is -2.31. The van der Waals surface area contributed by atoms with Gasteiger partial charge in [0, 0.05) is 43.9 Å². The van der Waals surface area contributed by atoms with Gasteiger partial charge in [-0.15, -0.1) is 0 Å². The first-order chi connectivity index (χ1) is 35.6. The van der Waals surface area contributed by atoms with Crippen LogP contribution in [0.2, 0.25) is 0 Å². The SMILES string of the molecule is NC(=O)CCC1NC(=O)C(Cc2ccccc2)NC(=O)C(Cc2ccc(O)cc2)NC(=O)C(N)CSSCC(C(=O)N2CCCC2C(=O)NC(CCCN=C(N)N)C(=O)NCC(N)=O)NC(=O)C(CC(=O)O)NC1=O. The number of likely N-dealkylation sites (tertiary alicyclic amines) is 1.